The quantitative estimate of drug-likeness (QED) is 0.858. The van der Waals surface area contributed by atoms with E-state index in [1.165, 1.54) is 6.07 Å². The zero-order valence-corrected chi connectivity index (χ0v) is 10.9. The first kappa shape index (κ1) is 13.9. The molecule has 96 valence electrons. The zero-order valence-electron chi connectivity index (χ0n) is 10.9. The number of likely N-dealkylation sites (N-methyl/N-ethyl adjacent to an activating group) is 1. The lowest BCUT2D eigenvalue weighted by molar-refractivity contribution is 0.183. The van der Waals surface area contributed by atoms with Gasteiger partial charge < -0.3 is 15.4 Å². The van der Waals surface area contributed by atoms with Crippen molar-refractivity contribution in [1.29, 1.82) is 0 Å². The van der Waals surface area contributed by atoms with E-state index in [2.05, 4.69) is 0 Å². The maximum atomic E-state index is 13.8. The molecule has 1 rings (SSSR count). The summed E-state index contributed by atoms with van der Waals surface area (Å²) in [6.07, 6.45) is 0. The Morgan fingerprint density at radius 3 is 2.59 bits per heavy atom. The molecule has 0 amide bonds. The van der Waals surface area contributed by atoms with Crippen LogP contribution in [-0.2, 0) is 4.74 Å². The second kappa shape index (κ2) is 5.98. The van der Waals surface area contributed by atoms with Gasteiger partial charge in [0.1, 0.15) is 5.82 Å². The number of methoxy groups -OCH3 is 1. The van der Waals surface area contributed by atoms with Crippen LogP contribution in [0.1, 0.15) is 25.5 Å². The molecule has 0 aliphatic rings. The molecule has 1 aromatic rings. The van der Waals surface area contributed by atoms with E-state index in [4.69, 9.17) is 10.5 Å². The van der Waals surface area contributed by atoms with Gasteiger partial charge in [-0.2, -0.15) is 0 Å². The third kappa shape index (κ3) is 3.17. The lowest BCUT2D eigenvalue weighted by Gasteiger charge is -2.29. The van der Waals surface area contributed by atoms with Gasteiger partial charge in [0.25, 0.3) is 0 Å². The Morgan fingerprint density at radius 1 is 1.41 bits per heavy atom. The normalized spacial score (nSPS) is 14.5. The molecule has 0 aliphatic heterocycles. The minimum Gasteiger partial charge on any atom is -0.383 e. The number of halogens is 1. The second-order valence-electron chi connectivity index (χ2n) is 4.38. The van der Waals surface area contributed by atoms with Gasteiger partial charge in [-0.05, 0) is 26.0 Å². The summed E-state index contributed by atoms with van der Waals surface area (Å²) in [6.45, 7) is 4.40. The zero-order chi connectivity index (χ0) is 13.0. The predicted octanol–water partition coefficient (Wildman–Crippen LogP) is 2.32. The summed E-state index contributed by atoms with van der Waals surface area (Å²) in [5.74, 6) is -0.256. The minimum absolute atomic E-state index is 0.166. The van der Waals surface area contributed by atoms with Crippen LogP contribution in [0.5, 0.6) is 0 Å². The van der Waals surface area contributed by atoms with Crippen molar-refractivity contribution in [1.82, 2.24) is 0 Å². The van der Waals surface area contributed by atoms with Crippen LogP contribution < -0.4 is 10.6 Å². The smallest absolute Gasteiger partial charge is 0.130 e. The SMILES string of the molecule is COCC(C)N(C)c1cccc(F)c1[C@@H](C)N. The highest BCUT2D eigenvalue weighted by Crippen LogP contribution is 2.28. The molecule has 3 nitrogen and oxygen atoms in total. The summed E-state index contributed by atoms with van der Waals surface area (Å²) in [6, 6.07) is 4.86. The molecule has 1 aromatic carbocycles. The monoisotopic (exact) mass is 240 g/mol. The van der Waals surface area contributed by atoms with Crippen LogP contribution in [0.2, 0.25) is 0 Å². The summed E-state index contributed by atoms with van der Waals surface area (Å²) in [4.78, 5) is 1.99. The lowest BCUT2D eigenvalue weighted by atomic mass is 10.0. The average Bonchev–Trinajstić information content (AvgIpc) is 2.27. The van der Waals surface area contributed by atoms with Crippen molar-refractivity contribution in [2.45, 2.75) is 25.9 Å². The van der Waals surface area contributed by atoms with Crippen molar-refractivity contribution in [3.05, 3.63) is 29.6 Å². The van der Waals surface area contributed by atoms with Crippen LogP contribution in [0.3, 0.4) is 0 Å². The Bertz CT molecular complexity index is 368. The van der Waals surface area contributed by atoms with Gasteiger partial charge in [0.15, 0.2) is 0 Å². The van der Waals surface area contributed by atoms with E-state index >= 15 is 0 Å². The van der Waals surface area contributed by atoms with E-state index < -0.39 is 0 Å². The second-order valence-corrected chi connectivity index (χ2v) is 4.38. The maximum Gasteiger partial charge on any atom is 0.130 e. The Morgan fingerprint density at radius 2 is 2.06 bits per heavy atom. The number of ether oxygens (including phenoxy) is 1. The van der Waals surface area contributed by atoms with Crippen molar-refractivity contribution >= 4 is 5.69 Å². The van der Waals surface area contributed by atoms with E-state index in [1.807, 2.05) is 24.9 Å². The predicted molar refractivity (Wildman–Crippen MR) is 68.7 cm³/mol. The number of nitrogens with zero attached hydrogens (tertiary/aromatic N) is 1. The summed E-state index contributed by atoms with van der Waals surface area (Å²) < 4.78 is 18.9. The molecule has 0 saturated heterocycles. The molecule has 0 fully saturated rings. The first-order valence-electron chi connectivity index (χ1n) is 5.74. The standard InChI is InChI=1S/C13H21FN2O/c1-9(8-17-4)16(3)12-7-5-6-11(14)13(12)10(2)15/h5-7,9-10H,8,15H2,1-4H3/t9?,10-/m1/s1. The van der Waals surface area contributed by atoms with Crippen LogP contribution in [0.25, 0.3) is 0 Å². The molecule has 0 aromatic heterocycles. The highest BCUT2D eigenvalue weighted by atomic mass is 19.1. The molecule has 0 radical (unpaired) electrons. The molecule has 17 heavy (non-hydrogen) atoms. The van der Waals surface area contributed by atoms with Crippen LogP contribution in [-0.4, -0.2) is 26.8 Å². The number of hydrogen-bond donors (Lipinski definition) is 1. The number of anilines is 1. The van der Waals surface area contributed by atoms with E-state index in [9.17, 15) is 4.39 Å². The fourth-order valence-corrected chi connectivity index (χ4v) is 1.87. The molecule has 0 spiro atoms. The highest BCUT2D eigenvalue weighted by molar-refractivity contribution is 5.55. The molecular formula is C13H21FN2O. The fraction of sp³-hybridized carbons (Fsp3) is 0.538. The van der Waals surface area contributed by atoms with Gasteiger partial charge in [0, 0.05) is 37.5 Å². The van der Waals surface area contributed by atoms with Gasteiger partial charge in [0.2, 0.25) is 0 Å². The summed E-state index contributed by atoms with van der Waals surface area (Å²) in [7, 11) is 3.58. The topological polar surface area (TPSA) is 38.5 Å². The van der Waals surface area contributed by atoms with Crippen molar-refractivity contribution in [2.24, 2.45) is 5.73 Å². The fourth-order valence-electron chi connectivity index (χ4n) is 1.87. The van der Waals surface area contributed by atoms with Gasteiger partial charge in [-0.25, -0.2) is 4.39 Å². The molecule has 2 atom stereocenters. The van der Waals surface area contributed by atoms with E-state index in [0.29, 0.717) is 12.2 Å². The molecule has 0 aliphatic carbocycles. The van der Waals surface area contributed by atoms with E-state index in [-0.39, 0.29) is 17.9 Å². The Labute approximate surface area is 102 Å². The number of hydrogen-bond acceptors (Lipinski definition) is 3. The number of benzene rings is 1. The highest BCUT2D eigenvalue weighted by Gasteiger charge is 2.18. The van der Waals surface area contributed by atoms with Crippen LogP contribution in [0, 0.1) is 5.82 Å². The molecule has 0 saturated carbocycles. The number of rotatable bonds is 5. The minimum atomic E-state index is -0.330. The average molecular weight is 240 g/mol. The van der Waals surface area contributed by atoms with E-state index in [1.54, 1.807) is 20.1 Å². The Balaban J connectivity index is 3.08. The largest absolute Gasteiger partial charge is 0.383 e. The van der Waals surface area contributed by atoms with Gasteiger partial charge in [-0.15, -0.1) is 0 Å². The van der Waals surface area contributed by atoms with E-state index in [0.717, 1.165) is 5.69 Å². The molecule has 0 bridgehead atoms. The number of nitrogens with two attached hydrogens (primary N) is 1. The molecule has 2 N–H and O–H groups in total. The maximum absolute atomic E-state index is 13.8. The molecule has 0 heterocycles. The third-order valence-electron chi connectivity index (χ3n) is 2.93. The third-order valence-corrected chi connectivity index (χ3v) is 2.93. The summed E-state index contributed by atoms with van der Waals surface area (Å²) in [5, 5.41) is 0. The van der Waals surface area contributed by atoms with Crippen molar-refractivity contribution in [3.8, 4) is 0 Å². The summed E-state index contributed by atoms with van der Waals surface area (Å²) >= 11 is 0. The van der Waals surface area contributed by atoms with Crippen molar-refractivity contribution < 1.29 is 9.13 Å². The van der Waals surface area contributed by atoms with Crippen molar-refractivity contribution in [3.63, 3.8) is 0 Å². The van der Waals surface area contributed by atoms with Crippen molar-refractivity contribution in [2.75, 3.05) is 25.7 Å². The first-order valence-corrected chi connectivity index (χ1v) is 5.74. The van der Waals surface area contributed by atoms with Gasteiger partial charge in [0.05, 0.1) is 6.61 Å². The van der Waals surface area contributed by atoms with Gasteiger partial charge in [-0.3, -0.25) is 0 Å². The lowest BCUT2D eigenvalue weighted by Crippen LogP contribution is -2.34. The van der Waals surface area contributed by atoms with Gasteiger partial charge in [-0.1, -0.05) is 6.07 Å². The summed E-state index contributed by atoms with van der Waals surface area (Å²) in [5.41, 5.74) is 7.21. The van der Waals surface area contributed by atoms with Crippen LogP contribution >= 0.6 is 0 Å². The first-order chi connectivity index (χ1) is 7.99. The van der Waals surface area contributed by atoms with Crippen LogP contribution in [0.4, 0.5) is 10.1 Å². The van der Waals surface area contributed by atoms with Gasteiger partial charge >= 0.3 is 0 Å². The van der Waals surface area contributed by atoms with Crippen LogP contribution in [0.15, 0.2) is 18.2 Å². The molecule has 4 heteroatoms. The Kier molecular flexibility index (Phi) is 4.90. The molecular weight excluding hydrogens is 219 g/mol. The Hall–Kier alpha value is -1.13. The molecule has 1 unspecified atom stereocenters.